The molecule has 6 heteroatoms. The molecule has 1 fully saturated rings. The molecule has 106 valence electrons. The number of hydrogen-bond donors (Lipinski definition) is 2. The molecule has 2 heterocycles. The summed E-state index contributed by atoms with van der Waals surface area (Å²) in [4.78, 5) is 6.59. The monoisotopic (exact) mass is 274 g/mol. The van der Waals surface area contributed by atoms with Crippen molar-refractivity contribution in [3.8, 4) is 11.4 Å². The van der Waals surface area contributed by atoms with Gasteiger partial charge < -0.3 is 14.9 Å². The van der Waals surface area contributed by atoms with Crippen LogP contribution in [0.1, 0.15) is 5.89 Å². The van der Waals surface area contributed by atoms with Crippen LogP contribution in [0.3, 0.4) is 0 Å². The van der Waals surface area contributed by atoms with Crippen molar-refractivity contribution in [2.45, 2.75) is 12.6 Å². The zero-order chi connectivity index (χ0) is 13.8. The molecule has 0 bridgehead atoms. The van der Waals surface area contributed by atoms with Gasteiger partial charge in [-0.25, -0.2) is 0 Å². The van der Waals surface area contributed by atoms with Crippen LogP contribution in [0, 0.1) is 0 Å². The van der Waals surface area contributed by atoms with E-state index in [-0.39, 0.29) is 12.6 Å². The Kier molecular flexibility index (Phi) is 4.05. The van der Waals surface area contributed by atoms with Crippen molar-refractivity contribution < 1.29 is 9.63 Å². The van der Waals surface area contributed by atoms with E-state index in [4.69, 9.17) is 4.52 Å². The Bertz CT molecular complexity index is 543. The number of aliphatic hydroxyl groups is 1. The van der Waals surface area contributed by atoms with Gasteiger partial charge in [0, 0.05) is 31.2 Å². The summed E-state index contributed by atoms with van der Waals surface area (Å²) in [5.74, 6) is 1.19. The van der Waals surface area contributed by atoms with Crippen LogP contribution < -0.4 is 5.32 Å². The maximum absolute atomic E-state index is 9.37. The number of aliphatic hydroxyl groups excluding tert-OH is 1. The average molecular weight is 274 g/mol. The SMILES string of the molecule is OCC1CNCCN1Cc1nc(-c2ccccc2)no1. The largest absolute Gasteiger partial charge is 0.395 e. The van der Waals surface area contributed by atoms with Gasteiger partial charge in [-0.2, -0.15) is 4.98 Å². The summed E-state index contributed by atoms with van der Waals surface area (Å²) in [6.45, 7) is 3.28. The topological polar surface area (TPSA) is 74.4 Å². The number of hydrogen-bond acceptors (Lipinski definition) is 6. The quantitative estimate of drug-likeness (QED) is 0.846. The first kappa shape index (κ1) is 13.2. The molecule has 20 heavy (non-hydrogen) atoms. The molecule has 0 spiro atoms. The van der Waals surface area contributed by atoms with Crippen molar-refractivity contribution in [3.63, 3.8) is 0 Å². The summed E-state index contributed by atoms with van der Waals surface area (Å²) in [7, 11) is 0. The highest BCUT2D eigenvalue weighted by Crippen LogP contribution is 2.16. The lowest BCUT2D eigenvalue weighted by molar-refractivity contribution is 0.0848. The van der Waals surface area contributed by atoms with Gasteiger partial charge in [-0.1, -0.05) is 35.5 Å². The first-order chi connectivity index (χ1) is 9.86. The Morgan fingerprint density at radius 2 is 2.20 bits per heavy atom. The molecule has 1 aliphatic rings. The van der Waals surface area contributed by atoms with E-state index in [2.05, 4.69) is 20.4 Å². The van der Waals surface area contributed by atoms with Crippen molar-refractivity contribution in [1.82, 2.24) is 20.4 Å². The summed E-state index contributed by atoms with van der Waals surface area (Å²) in [6, 6.07) is 9.87. The van der Waals surface area contributed by atoms with Crippen LogP contribution in [0.15, 0.2) is 34.9 Å². The van der Waals surface area contributed by atoms with E-state index in [1.807, 2.05) is 30.3 Å². The van der Waals surface area contributed by atoms with Gasteiger partial charge in [0.25, 0.3) is 0 Å². The second-order valence-corrected chi connectivity index (χ2v) is 4.89. The zero-order valence-corrected chi connectivity index (χ0v) is 11.2. The molecule has 1 atom stereocenters. The predicted octanol–water partition coefficient (Wildman–Crippen LogP) is 0.503. The summed E-state index contributed by atoms with van der Waals surface area (Å²) < 4.78 is 5.31. The summed E-state index contributed by atoms with van der Waals surface area (Å²) in [5.41, 5.74) is 0.946. The first-order valence-corrected chi connectivity index (χ1v) is 6.80. The number of aromatic nitrogens is 2. The highest BCUT2D eigenvalue weighted by molar-refractivity contribution is 5.53. The average Bonchev–Trinajstić information content (AvgIpc) is 2.97. The number of rotatable bonds is 4. The predicted molar refractivity (Wildman–Crippen MR) is 73.9 cm³/mol. The maximum atomic E-state index is 9.37. The normalized spacial score (nSPS) is 20.1. The van der Waals surface area contributed by atoms with Gasteiger partial charge in [0.05, 0.1) is 13.2 Å². The third-order valence-electron chi connectivity index (χ3n) is 3.52. The van der Waals surface area contributed by atoms with Gasteiger partial charge in [0.1, 0.15) is 0 Å². The molecule has 0 saturated carbocycles. The Morgan fingerprint density at radius 3 is 3.00 bits per heavy atom. The summed E-state index contributed by atoms with van der Waals surface area (Å²) in [5, 5.41) is 16.7. The second kappa shape index (κ2) is 6.13. The fraction of sp³-hybridized carbons (Fsp3) is 0.429. The van der Waals surface area contributed by atoms with E-state index in [1.165, 1.54) is 0 Å². The molecule has 0 radical (unpaired) electrons. The molecule has 0 aliphatic carbocycles. The molecule has 3 rings (SSSR count). The van der Waals surface area contributed by atoms with Crippen LogP contribution in [-0.2, 0) is 6.54 Å². The highest BCUT2D eigenvalue weighted by Gasteiger charge is 2.23. The number of piperazine rings is 1. The number of benzene rings is 1. The molecule has 6 nitrogen and oxygen atoms in total. The minimum atomic E-state index is 0.107. The Hall–Kier alpha value is -1.76. The Labute approximate surface area is 117 Å². The molecule has 1 aromatic carbocycles. The standard InChI is InChI=1S/C14H18N4O2/c19-10-12-8-15-6-7-18(12)9-13-16-14(17-20-13)11-4-2-1-3-5-11/h1-5,12,15,19H,6-10H2. The van der Waals surface area contributed by atoms with Gasteiger partial charge in [0.15, 0.2) is 0 Å². The van der Waals surface area contributed by atoms with Crippen molar-refractivity contribution in [2.75, 3.05) is 26.2 Å². The lowest BCUT2D eigenvalue weighted by atomic mass is 10.2. The lowest BCUT2D eigenvalue weighted by Gasteiger charge is -2.33. The molecule has 0 amide bonds. The fourth-order valence-corrected chi connectivity index (χ4v) is 2.39. The van der Waals surface area contributed by atoms with E-state index in [0.29, 0.717) is 18.3 Å². The van der Waals surface area contributed by atoms with E-state index >= 15 is 0 Å². The van der Waals surface area contributed by atoms with Gasteiger partial charge in [-0.15, -0.1) is 0 Å². The van der Waals surface area contributed by atoms with E-state index in [9.17, 15) is 5.11 Å². The molecule has 2 aromatic rings. The molecule has 1 unspecified atom stereocenters. The van der Waals surface area contributed by atoms with Crippen LogP contribution in [-0.4, -0.2) is 52.4 Å². The Balaban J connectivity index is 1.71. The van der Waals surface area contributed by atoms with Crippen molar-refractivity contribution in [3.05, 3.63) is 36.2 Å². The molecule has 1 saturated heterocycles. The summed E-state index contributed by atoms with van der Waals surface area (Å²) >= 11 is 0. The maximum Gasteiger partial charge on any atom is 0.241 e. The first-order valence-electron chi connectivity index (χ1n) is 6.80. The van der Waals surface area contributed by atoms with E-state index < -0.39 is 0 Å². The lowest BCUT2D eigenvalue weighted by Crippen LogP contribution is -2.52. The van der Waals surface area contributed by atoms with Crippen molar-refractivity contribution in [2.24, 2.45) is 0 Å². The minimum Gasteiger partial charge on any atom is -0.395 e. The van der Waals surface area contributed by atoms with Gasteiger partial charge in [-0.05, 0) is 0 Å². The molecule has 2 N–H and O–H groups in total. The van der Waals surface area contributed by atoms with Gasteiger partial charge >= 0.3 is 0 Å². The van der Waals surface area contributed by atoms with Crippen LogP contribution in [0.2, 0.25) is 0 Å². The molecular weight excluding hydrogens is 256 g/mol. The highest BCUT2D eigenvalue weighted by atomic mass is 16.5. The van der Waals surface area contributed by atoms with Crippen LogP contribution in [0.25, 0.3) is 11.4 Å². The minimum absolute atomic E-state index is 0.107. The van der Waals surface area contributed by atoms with Gasteiger partial charge in [0.2, 0.25) is 11.7 Å². The zero-order valence-electron chi connectivity index (χ0n) is 11.2. The van der Waals surface area contributed by atoms with Crippen molar-refractivity contribution in [1.29, 1.82) is 0 Å². The molecular formula is C14H18N4O2. The van der Waals surface area contributed by atoms with Crippen LogP contribution in [0.4, 0.5) is 0 Å². The fourth-order valence-electron chi connectivity index (χ4n) is 2.39. The van der Waals surface area contributed by atoms with E-state index in [1.54, 1.807) is 0 Å². The van der Waals surface area contributed by atoms with Crippen LogP contribution >= 0.6 is 0 Å². The molecule has 1 aliphatic heterocycles. The third kappa shape index (κ3) is 2.87. The van der Waals surface area contributed by atoms with E-state index in [0.717, 1.165) is 25.2 Å². The summed E-state index contributed by atoms with van der Waals surface area (Å²) in [6.07, 6.45) is 0. The third-order valence-corrected chi connectivity index (χ3v) is 3.52. The second-order valence-electron chi connectivity index (χ2n) is 4.89. The van der Waals surface area contributed by atoms with Crippen molar-refractivity contribution >= 4 is 0 Å². The number of nitrogens with zero attached hydrogens (tertiary/aromatic N) is 3. The number of nitrogens with one attached hydrogen (secondary N) is 1. The molecule has 1 aromatic heterocycles. The Morgan fingerprint density at radius 1 is 1.35 bits per heavy atom. The smallest absolute Gasteiger partial charge is 0.241 e. The van der Waals surface area contributed by atoms with Crippen LogP contribution in [0.5, 0.6) is 0 Å². The van der Waals surface area contributed by atoms with Gasteiger partial charge in [-0.3, -0.25) is 4.90 Å².